The fourth-order valence-corrected chi connectivity index (χ4v) is 3.12. The van der Waals surface area contributed by atoms with Crippen LogP contribution in [0, 0.1) is 0 Å². The third kappa shape index (κ3) is 3.41. The van der Waals surface area contributed by atoms with Gasteiger partial charge in [-0.05, 0) is 30.8 Å². The SMILES string of the molecule is CNC[C@@H](O)[C@H](c1ccccc1)n1ccc2c(OC)cccc21.Cl. The molecule has 24 heavy (non-hydrogen) atoms. The second-order valence-corrected chi connectivity index (χ2v) is 5.60. The highest BCUT2D eigenvalue weighted by atomic mass is 35.5. The van der Waals surface area contributed by atoms with Gasteiger partial charge in [-0.3, -0.25) is 0 Å². The van der Waals surface area contributed by atoms with Gasteiger partial charge in [-0.25, -0.2) is 0 Å². The number of nitrogens with one attached hydrogen (secondary N) is 1. The second kappa shape index (κ2) is 8.20. The van der Waals surface area contributed by atoms with Gasteiger partial charge in [-0.15, -0.1) is 12.4 Å². The number of rotatable bonds is 6. The molecule has 2 N–H and O–H groups in total. The summed E-state index contributed by atoms with van der Waals surface area (Å²) in [6, 6.07) is 18.0. The Morgan fingerprint density at radius 3 is 2.50 bits per heavy atom. The number of fused-ring (bicyclic) bond motifs is 1. The molecule has 0 aliphatic heterocycles. The lowest BCUT2D eigenvalue weighted by atomic mass is 10.0. The summed E-state index contributed by atoms with van der Waals surface area (Å²) in [5.41, 5.74) is 2.13. The van der Waals surface area contributed by atoms with Crippen LogP contribution in [0.3, 0.4) is 0 Å². The summed E-state index contributed by atoms with van der Waals surface area (Å²) in [5.74, 6) is 0.844. The Kier molecular flexibility index (Phi) is 6.26. The number of benzene rings is 2. The maximum absolute atomic E-state index is 10.7. The molecule has 3 aromatic rings. The van der Waals surface area contributed by atoms with Crippen molar-refractivity contribution in [2.24, 2.45) is 0 Å². The summed E-state index contributed by atoms with van der Waals surface area (Å²) < 4.78 is 7.57. The number of aliphatic hydroxyl groups is 1. The molecule has 0 bridgehead atoms. The predicted molar refractivity (Wildman–Crippen MR) is 100 cm³/mol. The first kappa shape index (κ1) is 18.3. The van der Waals surface area contributed by atoms with Gasteiger partial charge < -0.3 is 19.7 Å². The molecular formula is C19H23ClN2O2. The molecule has 0 fully saturated rings. The monoisotopic (exact) mass is 346 g/mol. The van der Waals surface area contributed by atoms with Crippen molar-refractivity contribution < 1.29 is 9.84 Å². The van der Waals surface area contributed by atoms with Crippen molar-refractivity contribution in [2.45, 2.75) is 12.1 Å². The molecule has 0 saturated carbocycles. The number of ether oxygens (including phenoxy) is 1. The molecule has 3 rings (SSSR count). The molecule has 0 radical (unpaired) electrons. The molecule has 5 heteroatoms. The molecule has 0 unspecified atom stereocenters. The fourth-order valence-electron chi connectivity index (χ4n) is 3.12. The molecular weight excluding hydrogens is 324 g/mol. The Balaban J connectivity index is 0.00000208. The Hall–Kier alpha value is -2.01. The molecule has 0 aliphatic carbocycles. The van der Waals surface area contributed by atoms with Crippen molar-refractivity contribution in [3.05, 3.63) is 66.4 Å². The molecule has 128 valence electrons. The zero-order valence-electron chi connectivity index (χ0n) is 13.8. The van der Waals surface area contributed by atoms with Crippen LogP contribution in [-0.2, 0) is 0 Å². The molecule has 0 aliphatic rings. The van der Waals surface area contributed by atoms with Gasteiger partial charge in [0.2, 0.25) is 0 Å². The third-order valence-corrected chi connectivity index (χ3v) is 4.16. The molecule has 4 nitrogen and oxygen atoms in total. The van der Waals surface area contributed by atoms with Crippen LogP contribution in [0.2, 0.25) is 0 Å². The van der Waals surface area contributed by atoms with Crippen LogP contribution in [0.4, 0.5) is 0 Å². The minimum absolute atomic E-state index is 0. The van der Waals surface area contributed by atoms with Crippen molar-refractivity contribution in [1.29, 1.82) is 0 Å². The van der Waals surface area contributed by atoms with E-state index < -0.39 is 6.10 Å². The zero-order chi connectivity index (χ0) is 16.2. The van der Waals surface area contributed by atoms with Gasteiger partial charge in [0, 0.05) is 18.1 Å². The lowest BCUT2D eigenvalue weighted by molar-refractivity contribution is 0.132. The molecule has 0 spiro atoms. The van der Waals surface area contributed by atoms with E-state index in [0.717, 1.165) is 22.2 Å². The number of nitrogens with zero attached hydrogens (tertiary/aromatic N) is 1. The fraction of sp³-hybridized carbons (Fsp3) is 0.263. The lowest BCUT2D eigenvalue weighted by Crippen LogP contribution is -2.33. The van der Waals surface area contributed by atoms with E-state index in [-0.39, 0.29) is 18.4 Å². The quantitative estimate of drug-likeness (QED) is 0.720. The Labute approximate surface area is 148 Å². The second-order valence-electron chi connectivity index (χ2n) is 5.60. The summed E-state index contributed by atoms with van der Waals surface area (Å²) in [7, 11) is 3.53. The van der Waals surface area contributed by atoms with Gasteiger partial charge in [-0.2, -0.15) is 0 Å². The molecule has 1 heterocycles. The molecule has 1 aromatic heterocycles. The van der Waals surface area contributed by atoms with Gasteiger partial charge in [-0.1, -0.05) is 36.4 Å². The van der Waals surface area contributed by atoms with Crippen LogP contribution in [0.1, 0.15) is 11.6 Å². The lowest BCUT2D eigenvalue weighted by Gasteiger charge is -2.26. The highest BCUT2D eigenvalue weighted by molar-refractivity contribution is 5.86. The van der Waals surface area contributed by atoms with Gasteiger partial charge in [0.05, 0.1) is 24.8 Å². The minimum Gasteiger partial charge on any atom is -0.496 e. The summed E-state index contributed by atoms with van der Waals surface area (Å²) in [5, 5.41) is 14.8. The van der Waals surface area contributed by atoms with Crippen LogP contribution in [0.25, 0.3) is 10.9 Å². The van der Waals surface area contributed by atoms with E-state index in [1.807, 2.05) is 49.6 Å². The summed E-state index contributed by atoms with van der Waals surface area (Å²) in [6.07, 6.45) is 1.48. The van der Waals surface area contributed by atoms with Gasteiger partial charge in [0.1, 0.15) is 5.75 Å². The minimum atomic E-state index is -0.538. The van der Waals surface area contributed by atoms with Gasteiger partial charge in [0.25, 0.3) is 0 Å². The summed E-state index contributed by atoms with van der Waals surface area (Å²) >= 11 is 0. The first-order valence-corrected chi connectivity index (χ1v) is 7.77. The maximum Gasteiger partial charge on any atom is 0.128 e. The molecule has 2 atom stereocenters. The van der Waals surface area contributed by atoms with E-state index in [9.17, 15) is 5.11 Å². The van der Waals surface area contributed by atoms with Crippen molar-refractivity contribution in [3.63, 3.8) is 0 Å². The highest BCUT2D eigenvalue weighted by Gasteiger charge is 2.24. The number of halogens is 1. The zero-order valence-corrected chi connectivity index (χ0v) is 14.7. The van der Waals surface area contributed by atoms with Crippen molar-refractivity contribution in [3.8, 4) is 5.75 Å². The standard InChI is InChI=1S/C19H22N2O2.ClH/c1-20-13-17(22)19(14-7-4-3-5-8-14)21-12-11-15-16(21)9-6-10-18(15)23-2;/h3-12,17,19-20,22H,13H2,1-2H3;1H/t17-,19+;/m1./s1. The number of aliphatic hydroxyl groups excluding tert-OH is 1. The number of methoxy groups -OCH3 is 1. The van der Waals surface area contributed by atoms with E-state index in [4.69, 9.17) is 4.74 Å². The number of likely N-dealkylation sites (N-methyl/N-ethyl adjacent to an activating group) is 1. The highest BCUT2D eigenvalue weighted by Crippen LogP contribution is 2.32. The van der Waals surface area contributed by atoms with Gasteiger partial charge >= 0.3 is 0 Å². The van der Waals surface area contributed by atoms with Crippen LogP contribution in [-0.4, -0.2) is 36.5 Å². The molecule has 0 saturated heterocycles. The van der Waals surface area contributed by atoms with Crippen molar-refractivity contribution >= 4 is 23.3 Å². The van der Waals surface area contributed by atoms with E-state index in [1.54, 1.807) is 7.11 Å². The van der Waals surface area contributed by atoms with E-state index in [1.165, 1.54) is 0 Å². The largest absolute Gasteiger partial charge is 0.496 e. The average molecular weight is 347 g/mol. The third-order valence-electron chi connectivity index (χ3n) is 4.16. The van der Waals surface area contributed by atoms with Crippen molar-refractivity contribution in [1.82, 2.24) is 9.88 Å². The first-order chi connectivity index (χ1) is 11.3. The van der Waals surface area contributed by atoms with Crippen LogP contribution >= 0.6 is 12.4 Å². The number of hydrogen-bond acceptors (Lipinski definition) is 3. The predicted octanol–water partition coefficient (Wildman–Crippen LogP) is 3.24. The van der Waals surface area contributed by atoms with E-state index >= 15 is 0 Å². The van der Waals surface area contributed by atoms with Crippen LogP contribution in [0.5, 0.6) is 5.75 Å². The van der Waals surface area contributed by atoms with E-state index in [2.05, 4.69) is 28.1 Å². The topological polar surface area (TPSA) is 46.4 Å². The van der Waals surface area contributed by atoms with E-state index in [0.29, 0.717) is 6.54 Å². The number of aromatic nitrogens is 1. The van der Waals surface area contributed by atoms with Crippen LogP contribution < -0.4 is 10.1 Å². The maximum atomic E-state index is 10.7. The summed E-state index contributed by atoms with van der Waals surface area (Å²) in [4.78, 5) is 0. The van der Waals surface area contributed by atoms with Gasteiger partial charge in [0.15, 0.2) is 0 Å². The smallest absolute Gasteiger partial charge is 0.128 e. The first-order valence-electron chi connectivity index (χ1n) is 7.77. The Bertz CT molecular complexity index is 773. The Morgan fingerprint density at radius 1 is 1.08 bits per heavy atom. The Morgan fingerprint density at radius 2 is 1.83 bits per heavy atom. The van der Waals surface area contributed by atoms with Crippen molar-refractivity contribution in [2.75, 3.05) is 20.7 Å². The number of hydrogen-bond donors (Lipinski definition) is 2. The van der Waals surface area contributed by atoms with Crippen LogP contribution in [0.15, 0.2) is 60.8 Å². The average Bonchev–Trinajstić information content (AvgIpc) is 3.00. The summed E-state index contributed by atoms with van der Waals surface area (Å²) in [6.45, 7) is 0.517. The molecule has 2 aromatic carbocycles. The normalized spacial score (nSPS) is 13.3. The molecule has 0 amide bonds.